The summed E-state index contributed by atoms with van der Waals surface area (Å²) in [4.78, 5) is 12.1. The molecule has 0 saturated heterocycles. The first kappa shape index (κ1) is 15.7. The van der Waals surface area contributed by atoms with Gasteiger partial charge in [0, 0.05) is 18.6 Å². The van der Waals surface area contributed by atoms with Crippen LogP contribution in [0, 0.1) is 11.5 Å². The van der Waals surface area contributed by atoms with Crippen molar-refractivity contribution >= 4 is 13.9 Å². The van der Waals surface area contributed by atoms with Gasteiger partial charge < -0.3 is 4.74 Å². The van der Waals surface area contributed by atoms with Crippen LogP contribution in [0.15, 0.2) is 30.3 Å². The van der Waals surface area contributed by atoms with Gasteiger partial charge in [-0.2, -0.15) is 0 Å². The number of hydrogen-bond donors (Lipinski definition) is 0. The summed E-state index contributed by atoms with van der Waals surface area (Å²) in [5.41, 5.74) is 4.00. The Labute approximate surface area is 117 Å². The van der Waals surface area contributed by atoms with Crippen LogP contribution in [0.4, 0.5) is 0 Å². The van der Waals surface area contributed by atoms with Gasteiger partial charge in [-0.3, -0.25) is 4.79 Å². The topological polar surface area (TPSA) is 26.3 Å². The van der Waals surface area contributed by atoms with E-state index in [0.717, 1.165) is 5.56 Å². The Hall–Kier alpha value is -1.37. The predicted molar refractivity (Wildman–Crippen MR) is 81.9 cm³/mol. The standard InChI is InChI=1S/C16H22O2Si/c1-5-18-15(11-12-19(2,3)4)13-16(17)14-9-7-6-8-10-14/h6-10,15H,5,13H2,1-4H3. The van der Waals surface area contributed by atoms with Crippen molar-refractivity contribution in [3.05, 3.63) is 35.9 Å². The summed E-state index contributed by atoms with van der Waals surface area (Å²) >= 11 is 0. The maximum atomic E-state index is 12.1. The normalized spacial score (nSPS) is 12.4. The van der Waals surface area contributed by atoms with E-state index >= 15 is 0 Å². The van der Waals surface area contributed by atoms with E-state index in [1.54, 1.807) is 0 Å². The van der Waals surface area contributed by atoms with Gasteiger partial charge in [0.2, 0.25) is 0 Å². The molecule has 0 aliphatic heterocycles. The number of carbonyl (C=O) groups excluding carboxylic acids is 1. The number of benzene rings is 1. The second kappa shape index (κ2) is 7.27. The molecule has 0 radical (unpaired) electrons. The second-order valence-corrected chi connectivity index (χ2v) is 10.2. The van der Waals surface area contributed by atoms with Crippen LogP contribution in [0.3, 0.4) is 0 Å². The number of Topliss-reactive ketones (excluding diaryl/α,β-unsaturated/α-hetero) is 1. The Kier molecular flexibility index (Phi) is 6.00. The van der Waals surface area contributed by atoms with Gasteiger partial charge in [-0.1, -0.05) is 55.9 Å². The van der Waals surface area contributed by atoms with Gasteiger partial charge >= 0.3 is 0 Å². The molecule has 1 rings (SSSR count). The maximum absolute atomic E-state index is 12.1. The van der Waals surface area contributed by atoms with E-state index in [1.807, 2.05) is 37.3 Å². The molecule has 0 N–H and O–H groups in total. The van der Waals surface area contributed by atoms with Crippen LogP contribution < -0.4 is 0 Å². The van der Waals surface area contributed by atoms with Gasteiger partial charge in [-0.05, 0) is 6.92 Å². The molecule has 102 valence electrons. The lowest BCUT2D eigenvalue weighted by molar-refractivity contribution is 0.0757. The quantitative estimate of drug-likeness (QED) is 0.466. The molecular weight excluding hydrogens is 252 g/mol. The molecule has 2 nitrogen and oxygen atoms in total. The molecule has 0 aliphatic carbocycles. The van der Waals surface area contributed by atoms with Crippen molar-refractivity contribution in [2.75, 3.05) is 6.61 Å². The zero-order valence-electron chi connectivity index (χ0n) is 12.2. The molecule has 1 atom stereocenters. The summed E-state index contributed by atoms with van der Waals surface area (Å²) in [6.07, 6.45) is 0.0411. The van der Waals surface area contributed by atoms with Crippen LogP contribution in [-0.2, 0) is 4.74 Å². The van der Waals surface area contributed by atoms with Gasteiger partial charge in [-0.15, -0.1) is 5.54 Å². The largest absolute Gasteiger partial charge is 0.365 e. The van der Waals surface area contributed by atoms with E-state index in [-0.39, 0.29) is 11.9 Å². The Morgan fingerprint density at radius 1 is 1.26 bits per heavy atom. The van der Waals surface area contributed by atoms with E-state index in [2.05, 4.69) is 31.1 Å². The Morgan fingerprint density at radius 3 is 2.42 bits per heavy atom. The van der Waals surface area contributed by atoms with Crippen molar-refractivity contribution in [1.82, 2.24) is 0 Å². The molecule has 0 heterocycles. The van der Waals surface area contributed by atoms with Gasteiger partial charge in [0.15, 0.2) is 5.78 Å². The molecule has 0 aromatic heterocycles. The molecular formula is C16H22O2Si. The molecule has 1 aromatic carbocycles. The molecule has 19 heavy (non-hydrogen) atoms. The van der Waals surface area contributed by atoms with Gasteiger partial charge in [0.1, 0.15) is 14.2 Å². The highest BCUT2D eigenvalue weighted by molar-refractivity contribution is 6.83. The van der Waals surface area contributed by atoms with E-state index in [4.69, 9.17) is 4.74 Å². The van der Waals surface area contributed by atoms with Crippen molar-refractivity contribution in [1.29, 1.82) is 0 Å². The molecule has 0 amide bonds. The summed E-state index contributed by atoms with van der Waals surface area (Å²) in [6.45, 7) is 9.05. The minimum Gasteiger partial charge on any atom is -0.365 e. The van der Waals surface area contributed by atoms with Gasteiger partial charge in [0.05, 0.1) is 0 Å². The van der Waals surface area contributed by atoms with E-state index < -0.39 is 8.07 Å². The first-order chi connectivity index (χ1) is 8.92. The van der Waals surface area contributed by atoms with Crippen LogP contribution in [0.2, 0.25) is 19.6 Å². The Bertz CT molecular complexity index is 463. The lowest BCUT2D eigenvalue weighted by Crippen LogP contribution is -2.20. The first-order valence-electron chi connectivity index (χ1n) is 6.65. The van der Waals surface area contributed by atoms with Crippen LogP contribution in [0.1, 0.15) is 23.7 Å². The third-order valence-corrected chi connectivity index (χ3v) is 3.34. The number of ether oxygens (including phenoxy) is 1. The van der Waals surface area contributed by atoms with Crippen molar-refractivity contribution in [3.63, 3.8) is 0 Å². The van der Waals surface area contributed by atoms with Crippen LogP contribution in [-0.4, -0.2) is 26.6 Å². The van der Waals surface area contributed by atoms with Crippen molar-refractivity contribution in [2.24, 2.45) is 0 Å². The average Bonchev–Trinajstić information content (AvgIpc) is 2.36. The highest BCUT2D eigenvalue weighted by Crippen LogP contribution is 2.08. The SMILES string of the molecule is CCOC(C#C[Si](C)(C)C)CC(=O)c1ccccc1. The maximum Gasteiger partial charge on any atom is 0.166 e. The summed E-state index contributed by atoms with van der Waals surface area (Å²) in [7, 11) is -1.43. The lowest BCUT2D eigenvalue weighted by atomic mass is 10.1. The number of hydrogen-bond acceptors (Lipinski definition) is 2. The fourth-order valence-electron chi connectivity index (χ4n) is 1.56. The highest BCUT2D eigenvalue weighted by atomic mass is 28.3. The fourth-order valence-corrected chi connectivity index (χ4v) is 2.15. The first-order valence-corrected chi connectivity index (χ1v) is 10.1. The number of carbonyl (C=O) groups is 1. The summed E-state index contributed by atoms with van der Waals surface area (Å²) in [5.74, 6) is 3.22. The van der Waals surface area contributed by atoms with Crippen molar-refractivity contribution < 1.29 is 9.53 Å². The fraction of sp³-hybridized carbons (Fsp3) is 0.438. The summed E-state index contributed by atoms with van der Waals surface area (Å²) < 4.78 is 5.56. The third kappa shape index (κ3) is 6.37. The Balaban J connectivity index is 2.73. The average molecular weight is 274 g/mol. The van der Waals surface area contributed by atoms with E-state index in [9.17, 15) is 4.79 Å². The molecule has 0 fully saturated rings. The van der Waals surface area contributed by atoms with Crippen LogP contribution in [0.5, 0.6) is 0 Å². The van der Waals surface area contributed by atoms with Crippen LogP contribution >= 0.6 is 0 Å². The smallest absolute Gasteiger partial charge is 0.166 e. The molecule has 1 aromatic rings. The zero-order valence-corrected chi connectivity index (χ0v) is 13.2. The monoisotopic (exact) mass is 274 g/mol. The minimum atomic E-state index is -1.43. The third-order valence-electron chi connectivity index (χ3n) is 2.44. The number of ketones is 1. The van der Waals surface area contributed by atoms with E-state index in [1.165, 1.54) is 0 Å². The second-order valence-electron chi connectivity index (χ2n) is 5.46. The van der Waals surface area contributed by atoms with Crippen LogP contribution in [0.25, 0.3) is 0 Å². The zero-order chi connectivity index (χ0) is 14.3. The highest BCUT2D eigenvalue weighted by Gasteiger charge is 2.14. The molecule has 0 saturated carbocycles. The van der Waals surface area contributed by atoms with Crippen molar-refractivity contribution in [2.45, 2.75) is 39.1 Å². The molecule has 3 heteroatoms. The molecule has 1 unspecified atom stereocenters. The van der Waals surface area contributed by atoms with Gasteiger partial charge in [-0.25, -0.2) is 0 Å². The number of rotatable bonds is 5. The molecule has 0 aliphatic rings. The van der Waals surface area contributed by atoms with E-state index in [0.29, 0.717) is 13.0 Å². The predicted octanol–water partition coefficient (Wildman–Crippen LogP) is 3.55. The summed E-state index contributed by atoms with van der Waals surface area (Å²) in [5, 5.41) is 0. The Morgan fingerprint density at radius 2 is 1.89 bits per heavy atom. The molecule has 0 bridgehead atoms. The lowest BCUT2D eigenvalue weighted by Gasteiger charge is -2.11. The van der Waals surface area contributed by atoms with Gasteiger partial charge in [0.25, 0.3) is 0 Å². The molecule has 0 spiro atoms. The minimum absolute atomic E-state index is 0.0870. The van der Waals surface area contributed by atoms with Crippen molar-refractivity contribution in [3.8, 4) is 11.5 Å². The summed E-state index contributed by atoms with van der Waals surface area (Å²) in [6, 6.07) is 9.31.